The Morgan fingerprint density at radius 3 is 2.63 bits per heavy atom. The number of fused-ring (bicyclic) bond motifs is 1. The molecule has 35 heavy (non-hydrogen) atoms. The lowest BCUT2D eigenvalue weighted by molar-refractivity contribution is -0.139. The molecule has 0 bridgehead atoms. The topological polar surface area (TPSA) is 84.1 Å². The summed E-state index contributed by atoms with van der Waals surface area (Å²) in [6.45, 7) is 3.72. The van der Waals surface area contributed by atoms with Crippen molar-refractivity contribution >= 4 is 67.6 Å². The maximum atomic E-state index is 13.7. The van der Waals surface area contributed by atoms with Crippen molar-refractivity contribution in [3.8, 4) is 5.75 Å². The first-order valence-corrected chi connectivity index (χ1v) is 13.5. The van der Waals surface area contributed by atoms with Crippen molar-refractivity contribution in [3.63, 3.8) is 0 Å². The number of phenolic OH excluding ortho intramolecular Hbond substituents is 1. The lowest BCUT2D eigenvalue weighted by Gasteiger charge is -2.25. The molecule has 0 unspecified atom stereocenters. The predicted octanol–water partition coefficient (Wildman–Crippen LogP) is 3.94. The SMILES string of the molecule is CCOC(=O)C1=C(C)N=c2s/c(=C/c3cc(Br)cc(I)c3O)c(=O)n2[C@@H]1c1ccc(N(C)C)cc1. The summed E-state index contributed by atoms with van der Waals surface area (Å²) in [6.07, 6.45) is 1.65. The van der Waals surface area contributed by atoms with Crippen LogP contribution in [0.1, 0.15) is 31.0 Å². The number of carbonyl (C=O) groups excluding carboxylic acids is 1. The molecule has 7 nitrogen and oxygen atoms in total. The molecule has 0 radical (unpaired) electrons. The van der Waals surface area contributed by atoms with E-state index in [0.717, 1.165) is 15.7 Å². The molecule has 2 heterocycles. The number of ether oxygens (including phenoxy) is 1. The summed E-state index contributed by atoms with van der Waals surface area (Å²) in [5.41, 5.74) is 2.85. The van der Waals surface area contributed by atoms with Crippen LogP contribution in [0.15, 0.2) is 61.9 Å². The average Bonchev–Trinajstić information content (AvgIpc) is 3.10. The Balaban J connectivity index is 1.96. The molecule has 0 aliphatic carbocycles. The second-order valence-electron chi connectivity index (χ2n) is 8.11. The lowest BCUT2D eigenvalue weighted by atomic mass is 9.95. The van der Waals surface area contributed by atoms with Crippen molar-refractivity contribution < 1.29 is 14.6 Å². The van der Waals surface area contributed by atoms with E-state index >= 15 is 0 Å². The normalized spacial score (nSPS) is 15.6. The zero-order valence-electron chi connectivity index (χ0n) is 19.5. The number of halogens is 2. The Hall–Kier alpha value is -2.44. The fraction of sp³-hybridized carbons (Fsp3) is 0.240. The van der Waals surface area contributed by atoms with Crippen molar-refractivity contribution in [2.45, 2.75) is 19.9 Å². The number of carbonyl (C=O) groups is 1. The number of rotatable bonds is 5. The van der Waals surface area contributed by atoms with Crippen molar-refractivity contribution in [2.75, 3.05) is 25.6 Å². The minimum atomic E-state index is -0.681. The number of aromatic hydroxyl groups is 1. The van der Waals surface area contributed by atoms with Crippen molar-refractivity contribution in [1.82, 2.24) is 4.57 Å². The Kier molecular flexibility index (Phi) is 7.53. The zero-order valence-corrected chi connectivity index (χ0v) is 24.1. The maximum absolute atomic E-state index is 13.7. The number of esters is 1. The minimum absolute atomic E-state index is 0.0962. The minimum Gasteiger partial charge on any atom is -0.506 e. The Bertz CT molecular complexity index is 1520. The van der Waals surface area contributed by atoms with Crippen LogP contribution in [0.3, 0.4) is 0 Å². The third-order valence-corrected chi connectivity index (χ3v) is 7.85. The monoisotopic (exact) mass is 667 g/mol. The van der Waals surface area contributed by atoms with E-state index in [4.69, 9.17) is 4.74 Å². The van der Waals surface area contributed by atoms with Crippen LogP contribution in [0.5, 0.6) is 5.75 Å². The van der Waals surface area contributed by atoms with Gasteiger partial charge < -0.3 is 14.7 Å². The maximum Gasteiger partial charge on any atom is 0.338 e. The van der Waals surface area contributed by atoms with E-state index in [1.807, 2.05) is 65.9 Å². The summed E-state index contributed by atoms with van der Waals surface area (Å²) >= 11 is 6.70. The number of anilines is 1. The molecular weight excluding hydrogens is 645 g/mol. The molecule has 3 aromatic rings. The van der Waals surface area contributed by atoms with E-state index in [1.165, 1.54) is 11.3 Å². The molecule has 1 atom stereocenters. The number of aromatic nitrogens is 1. The molecule has 0 fully saturated rings. The van der Waals surface area contributed by atoms with Crippen LogP contribution in [-0.4, -0.2) is 36.3 Å². The molecule has 1 aliphatic rings. The smallest absolute Gasteiger partial charge is 0.338 e. The second-order valence-corrected chi connectivity index (χ2v) is 11.2. The molecule has 1 aromatic heterocycles. The van der Waals surface area contributed by atoms with Crippen molar-refractivity contribution in [1.29, 1.82) is 0 Å². The van der Waals surface area contributed by atoms with Crippen LogP contribution in [0.2, 0.25) is 0 Å². The first-order chi connectivity index (χ1) is 16.6. The van der Waals surface area contributed by atoms with E-state index in [1.54, 1.807) is 36.6 Å². The van der Waals surface area contributed by atoms with Crippen LogP contribution in [0.4, 0.5) is 5.69 Å². The van der Waals surface area contributed by atoms with E-state index < -0.39 is 12.0 Å². The molecule has 0 amide bonds. The molecule has 182 valence electrons. The lowest BCUT2D eigenvalue weighted by Crippen LogP contribution is -2.39. The summed E-state index contributed by atoms with van der Waals surface area (Å²) < 4.78 is 8.74. The molecule has 0 saturated heterocycles. The van der Waals surface area contributed by atoms with Gasteiger partial charge in [-0.2, -0.15) is 0 Å². The van der Waals surface area contributed by atoms with Gasteiger partial charge in [0, 0.05) is 29.8 Å². The number of hydrogen-bond acceptors (Lipinski definition) is 7. The highest BCUT2D eigenvalue weighted by atomic mass is 127. The van der Waals surface area contributed by atoms with E-state index in [2.05, 4.69) is 20.9 Å². The Labute approximate surface area is 228 Å². The molecule has 10 heteroatoms. The van der Waals surface area contributed by atoms with E-state index in [9.17, 15) is 14.7 Å². The molecule has 2 aromatic carbocycles. The summed E-state index contributed by atoms with van der Waals surface area (Å²) in [5, 5.41) is 10.5. The fourth-order valence-corrected chi connectivity index (χ4v) is 6.49. The van der Waals surface area contributed by atoms with Crippen molar-refractivity contribution in [2.24, 2.45) is 4.99 Å². The largest absolute Gasteiger partial charge is 0.506 e. The van der Waals surface area contributed by atoms with Gasteiger partial charge in [0.2, 0.25) is 0 Å². The number of benzene rings is 2. The predicted molar refractivity (Wildman–Crippen MR) is 150 cm³/mol. The van der Waals surface area contributed by atoms with Gasteiger partial charge in [-0.3, -0.25) is 9.36 Å². The van der Waals surface area contributed by atoms with E-state index in [-0.39, 0.29) is 17.9 Å². The third-order valence-electron chi connectivity index (χ3n) is 5.59. The highest BCUT2D eigenvalue weighted by molar-refractivity contribution is 14.1. The number of nitrogens with zero attached hydrogens (tertiary/aromatic N) is 3. The van der Waals surface area contributed by atoms with Gasteiger partial charge in [-0.25, -0.2) is 9.79 Å². The van der Waals surface area contributed by atoms with Crippen LogP contribution in [0.25, 0.3) is 6.08 Å². The zero-order chi connectivity index (χ0) is 25.4. The molecule has 1 aliphatic heterocycles. The van der Waals surface area contributed by atoms with E-state index in [0.29, 0.717) is 29.7 Å². The summed E-state index contributed by atoms with van der Waals surface area (Å²) in [6, 6.07) is 10.6. The highest BCUT2D eigenvalue weighted by Crippen LogP contribution is 2.32. The van der Waals surface area contributed by atoms with Gasteiger partial charge in [-0.15, -0.1) is 0 Å². The summed E-state index contributed by atoms with van der Waals surface area (Å²) in [5.74, 6) is -0.400. The Morgan fingerprint density at radius 1 is 1.31 bits per heavy atom. The van der Waals surface area contributed by atoms with Gasteiger partial charge in [0.05, 0.1) is 32.0 Å². The number of allylic oxidation sites excluding steroid dienone is 1. The van der Waals surface area contributed by atoms with Crippen LogP contribution >= 0.6 is 49.9 Å². The summed E-state index contributed by atoms with van der Waals surface area (Å²) in [7, 11) is 3.90. The molecule has 4 rings (SSSR count). The van der Waals surface area contributed by atoms with Gasteiger partial charge in [0.1, 0.15) is 5.75 Å². The van der Waals surface area contributed by atoms with Crippen LogP contribution < -0.4 is 19.8 Å². The quantitative estimate of drug-likeness (QED) is 0.329. The Morgan fingerprint density at radius 2 is 2.00 bits per heavy atom. The van der Waals surface area contributed by atoms with Gasteiger partial charge in [-0.05, 0) is 72.3 Å². The summed E-state index contributed by atoms with van der Waals surface area (Å²) in [4.78, 5) is 33.7. The number of hydrogen-bond donors (Lipinski definition) is 1. The number of phenols is 1. The first-order valence-electron chi connectivity index (χ1n) is 10.8. The standard InChI is InChI=1S/C25H23BrIN3O4S/c1-5-34-24(33)20-13(2)28-25-30(21(20)14-6-8-17(9-7-14)29(3)4)23(32)19(35-25)11-15-10-16(26)12-18(27)22(15)31/h6-12,21,31H,5H2,1-4H3/b19-11+/t21-/m1/s1. The van der Waals surface area contributed by atoms with Gasteiger partial charge in [0.25, 0.3) is 5.56 Å². The van der Waals surface area contributed by atoms with Crippen molar-refractivity contribution in [3.05, 3.63) is 86.5 Å². The average molecular weight is 668 g/mol. The molecule has 1 N–H and O–H groups in total. The number of thiazole rings is 1. The van der Waals surface area contributed by atoms with Gasteiger partial charge >= 0.3 is 5.97 Å². The third kappa shape index (κ3) is 4.96. The molecule has 0 saturated carbocycles. The van der Waals surface area contributed by atoms with Crippen LogP contribution in [-0.2, 0) is 9.53 Å². The molecule has 0 spiro atoms. The van der Waals surface area contributed by atoms with Gasteiger partial charge in [0.15, 0.2) is 4.80 Å². The van der Waals surface area contributed by atoms with Gasteiger partial charge in [-0.1, -0.05) is 39.4 Å². The highest BCUT2D eigenvalue weighted by Gasteiger charge is 2.33. The second kappa shape index (κ2) is 10.3. The fourth-order valence-electron chi connectivity index (χ4n) is 3.90. The van der Waals surface area contributed by atoms with Crippen LogP contribution in [0, 0.1) is 3.57 Å². The first kappa shape index (κ1) is 25.6. The molecular formula is C25H23BrIN3O4S.